The third-order valence-corrected chi connectivity index (χ3v) is 5.43. The van der Waals surface area contributed by atoms with Gasteiger partial charge in [0.25, 0.3) is 0 Å². The summed E-state index contributed by atoms with van der Waals surface area (Å²) in [5.41, 5.74) is 2.16. The molecule has 156 valence electrons. The molecule has 1 N–H and O–H groups in total. The Hall–Kier alpha value is -3.00. The minimum Gasteiger partial charge on any atom is -0.496 e. The summed E-state index contributed by atoms with van der Waals surface area (Å²) >= 11 is 3.42. The lowest BCUT2D eigenvalue weighted by atomic mass is 10.1. The van der Waals surface area contributed by atoms with E-state index in [4.69, 9.17) is 14.2 Å². The van der Waals surface area contributed by atoms with Gasteiger partial charge in [-0.2, -0.15) is 0 Å². The molecule has 0 saturated heterocycles. The van der Waals surface area contributed by atoms with Crippen LogP contribution in [0, 0.1) is 0 Å². The van der Waals surface area contributed by atoms with Gasteiger partial charge in [0, 0.05) is 51.7 Å². The number of methoxy groups -OCH3 is 1. The van der Waals surface area contributed by atoms with E-state index in [-0.39, 0.29) is 19.0 Å². The Bertz CT molecular complexity index is 1110. The number of carbonyl (C=O) groups excluding carboxylic acids is 2. The van der Waals surface area contributed by atoms with Crippen molar-refractivity contribution in [3.05, 3.63) is 52.1 Å². The Morgan fingerprint density at radius 3 is 2.73 bits per heavy atom. The second-order valence-electron chi connectivity index (χ2n) is 6.93. The van der Waals surface area contributed by atoms with E-state index in [0.29, 0.717) is 36.0 Å². The van der Waals surface area contributed by atoms with Crippen molar-refractivity contribution in [1.82, 2.24) is 9.88 Å². The zero-order chi connectivity index (χ0) is 21.1. The van der Waals surface area contributed by atoms with Crippen molar-refractivity contribution >= 4 is 39.0 Å². The fourth-order valence-corrected chi connectivity index (χ4v) is 3.85. The average Bonchev–Trinajstić information content (AvgIpc) is 2.92. The number of hydrogen-bond acceptors (Lipinski definition) is 5. The Balaban J connectivity index is 1.50. The maximum atomic E-state index is 12.6. The molecular weight excluding hydrogens is 452 g/mol. The van der Waals surface area contributed by atoms with Crippen LogP contribution in [0.2, 0.25) is 0 Å². The maximum Gasteiger partial charge on any atom is 0.240 e. The first-order chi connectivity index (χ1) is 14.6. The highest BCUT2D eigenvalue weighted by molar-refractivity contribution is 9.10. The van der Waals surface area contributed by atoms with Crippen LogP contribution in [0.25, 0.3) is 10.9 Å². The first-order valence-electron chi connectivity index (χ1n) is 9.56. The van der Waals surface area contributed by atoms with Gasteiger partial charge in [0.1, 0.15) is 12.3 Å². The molecule has 1 amide bonds. The molecule has 1 aliphatic rings. The summed E-state index contributed by atoms with van der Waals surface area (Å²) in [6.45, 7) is 1.56. The number of hydrogen-bond donors (Lipinski definition) is 1. The van der Waals surface area contributed by atoms with E-state index >= 15 is 0 Å². The summed E-state index contributed by atoms with van der Waals surface area (Å²) in [7, 11) is 1.58. The molecule has 8 heteroatoms. The van der Waals surface area contributed by atoms with Crippen molar-refractivity contribution in [3.63, 3.8) is 0 Å². The molecule has 0 saturated carbocycles. The molecule has 0 unspecified atom stereocenters. The Labute approximate surface area is 182 Å². The Kier molecular flexibility index (Phi) is 5.94. The second-order valence-corrected chi connectivity index (χ2v) is 7.85. The number of aldehydes is 1. The van der Waals surface area contributed by atoms with Gasteiger partial charge in [-0.3, -0.25) is 9.59 Å². The summed E-state index contributed by atoms with van der Waals surface area (Å²) in [6, 6.07) is 9.26. The number of nitrogens with one attached hydrogen (secondary N) is 1. The van der Waals surface area contributed by atoms with Crippen LogP contribution < -0.4 is 19.5 Å². The van der Waals surface area contributed by atoms with Crippen molar-refractivity contribution in [3.8, 4) is 17.2 Å². The fourth-order valence-electron chi connectivity index (χ4n) is 3.49. The molecule has 0 radical (unpaired) electrons. The van der Waals surface area contributed by atoms with Crippen LogP contribution in [0.5, 0.6) is 17.2 Å². The van der Waals surface area contributed by atoms with Gasteiger partial charge in [0.2, 0.25) is 5.91 Å². The number of ether oxygens (including phenoxy) is 3. The van der Waals surface area contributed by atoms with Gasteiger partial charge in [-0.05, 0) is 24.3 Å². The van der Waals surface area contributed by atoms with Crippen molar-refractivity contribution < 1.29 is 23.8 Å². The smallest absolute Gasteiger partial charge is 0.240 e. The van der Waals surface area contributed by atoms with Crippen LogP contribution in [0.1, 0.15) is 22.3 Å². The van der Waals surface area contributed by atoms with Gasteiger partial charge in [0.15, 0.2) is 17.8 Å². The lowest BCUT2D eigenvalue weighted by molar-refractivity contribution is -0.121. The van der Waals surface area contributed by atoms with E-state index in [1.165, 1.54) is 0 Å². The van der Waals surface area contributed by atoms with Gasteiger partial charge in [-0.25, -0.2) is 0 Å². The largest absolute Gasteiger partial charge is 0.496 e. The van der Waals surface area contributed by atoms with Crippen molar-refractivity contribution in [2.45, 2.75) is 19.5 Å². The summed E-state index contributed by atoms with van der Waals surface area (Å²) in [5.74, 6) is 1.74. The predicted molar refractivity (Wildman–Crippen MR) is 115 cm³/mol. The average molecular weight is 473 g/mol. The van der Waals surface area contributed by atoms with Gasteiger partial charge in [0.05, 0.1) is 20.3 Å². The summed E-state index contributed by atoms with van der Waals surface area (Å²) in [5, 5.41) is 3.72. The number of aromatic nitrogens is 1. The number of amides is 1. The number of nitrogens with zero attached hydrogens (tertiary/aromatic N) is 1. The number of carbonyl (C=O) groups is 2. The van der Waals surface area contributed by atoms with E-state index in [1.54, 1.807) is 23.9 Å². The second kappa shape index (κ2) is 8.79. The molecule has 2 aromatic carbocycles. The molecule has 2 heterocycles. The SMILES string of the molecule is COc1cc2c(cc1CNC(=O)Cn1cc(C=O)c3cc(Br)ccc31)OCCCO2. The van der Waals surface area contributed by atoms with Gasteiger partial charge in [-0.1, -0.05) is 15.9 Å². The van der Waals surface area contributed by atoms with Crippen LogP contribution in [0.3, 0.4) is 0 Å². The number of halogens is 1. The zero-order valence-corrected chi connectivity index (χ0v) is 18.0. The third-order valence-electron chi connectivity index (χ3n) is 4.94. The first-order valence-corrected chi connectivity index (χ1v) is 10.3. The van der Waals surface area contributed by atoms with E-state index in [2.05, 4.69) is 21.2 Å². The summed E-state index contributed by atoms with van der Waals surface area (Å²) < 4.78 is 19.5. The predicted octanol–water partition coefficient (Wildman–Crippen LogP) is 3.70. The Morgan fingerprint density at radius 2 is 2.00 bits per heavy atom. The monoisotopic (exact) mass is 472 g/mol. The van der Waals surface area contributed by atoms with E-state index in [9.17, 15) is 9.59 Å². The standard InChI is InChI=1S/C22H21BrN2O5/c1-28-19-9-21-20(29-5-2-6-30-21)7-14(19)10-24-22(27)12-25-11-15(13-26)17-8-16(23)3-4-18(17)25/h3-4,7-9,11,13H,2,5-6,10,12H2,1H3,(H,24,27). The first kappa shape index (κ1) is 20.3. The van der Waals surface area contributed by atoms with E-state index in [1.807, 2.05) is 24.3 Å². The van der Waals surface area contributed by atoms with Crippen molar-refractivity contribution in [2.75, 3.05) is 20.3 Å². The van der Waals surface area contributed by atoms with E-state index in [0.717, 1.165) is 33.6 Å². The highest BCUT2D eigenvalue weighted by atomic mass is 79.9. The van der Waals surface area contributed by atoms with E-state index < -0.39 is 0 Å². The normalized spacial score (nSPS) is 13.0. The number of rotatable bonds is 6. The lowest BCUT2D eigenvalue weighted by Crippen LogP contribution is -2.27. The highest BCUT2D eigenvalue weighted by Crippen LogP contribution is 2.36. The summed E-state index contributed by atoms with van der Waals surface area (Å²) in [4.78, 5) is 24.0. The van der Waals surface area contributed by atoms with Crippen LogP contribution in [-0.2, 0) is 17.9 Å². The maximum absolute atomic E-state index is 12.6. The molecule has 0 bridgehead atoms. The molecular formula is C22H21BrN2O5. The fraction of sp³-hybridized carbons (Fsp3) is 0.273. The molecule has 1 aliphatic heterocycles. The van der Waals surface area contributed by atoms with Crippen molar-refractivity contribution in [1.29, 1.82) is 0 Å². The highest BCUT2D eigenvalue weighted by Gasteiger charge is 2.17. The molecule has 1 aromatic heterocycles. The molecule has 0 spiro atoms. The van der Waals surface area contributed by atoms with Crippen LogP contribution in [-0.4, -0.2) is 37.1 Å². The number of benzene rings is 2. The zero-order valence-electron chi connectivity index (χ0n) is 16.4. The third kappa shape index (κ3) is 4.14. The molecule has 4 rings (SSSR count). The van der Waals surface area contributed by atoms with Gasteiger partial charge < -0.3 is 24.1 Å². The molecule has 3 aromatic rings. The topological polar surface area (TPSA) is 78.8 Å². The lowest BCUT2D eigenvalue weighted by Gasteiger charge is -2.14. The van der Waals surface area contributed by atoms with Gasteiger partial charge in [-0.15, -0.1) is 0 Å². The molecule has 0 atom stereocenters. The Morgan fingerprint density at radius 1 is 1.23 bits per heavy atom. The number of fused-ring (bicyclic) bond motifs is 2. The molecule has 0 aliphatic carbocycles. The molecule has 30 heavy (non-hydrogen) atoms. The molecule has 7 nitrogen and oxygen atoms in total. The van der Waals surface area contributed by atoms with Gasteiger partial charge >= 0.3 is 0 Å². The van der Waals surface area contributed by atoms with Crippen LogP contribution in [0.15, 0.2) is 41.0 Å². The molecule has 0 fully saturated rings. The minimum absolute atomic E-state index is 0.0961. The summed E-state index contributed by atoms with van der Waals surface area (Å²) in [6.07, 6.45) is 3.30. The quantitative estimate of drug-likeness (QED) is 0.553. The minimum atomic E-state index is -0.179. The van der Waals surface area contributed by atoms with Crippen LogP contribution in [0.4, 0.5) is 0 Å². The van der Waals surface area contributed by atoms with Crippen molar-refractivity contribution in [2.24, 2.45) is 0 Å². The van der Waals surface area contributed by atoms with Crippen LogP contribution >= 0.6 is 15.9 Å².